The summed E-state index contributed by atoms with van der Waals surface area (Å²) in [6, 6.07) is 9.72. The van der Waals surface area contributed by atoms with Crippen molar-refractivity contribution in [2.75, 3.05) is 4.90 Å². The van der Waals surface area contributed by atoms with Gasteiger partial charge in [0.15, 0.2) is 0 Å². The maximum absolute atomic E-state index is 12.3. The molecule has 0 saturated carbocycles. The van der Waals surface area contributed by atoms with Crippen LogP contribution in [0.3, 0.4) is 0 Å². The van der Waals surface area contributed by atoms with Crippen LogP contribution >= 0.6 is 11.3 Å². The predicted molar refractivity (Wildman–Crippen MR) is 70.7 cm³/mol. The molecule has 1 aliphatic rings. The summed E-state index contributed by atoms with van der Waals surface area (Å²) in [5.74, 6) is -0.660. The molecule has 0 N–H and O–H groups in total. The van der Waals surface area contributed by atoms with Gasteiger partial charge in [0.05, 0.1) is 5.92 Å². The lowest BCUT2D eigenvalue weighted by Crippen LogP contribution is -2.30. The Labute approximate surface area is 113 Å². The van der Waals surface area contributed by atoms with Gasteiger partial charge in [-0.2, -0.15) is 0 Å². The van der Waals surface area contributed by atoms with Crippen LogP contribution in [0.1, 0.15) is 12.0 Å². The first kappa shape index (κ1) is 12.0. The standard InChI is InChI=1S/C13H11N3O2S/c17-11-7-10(6-9-4-2-1-3-5-9)12(18)16(11)13-15-14-8-19-13/h1-5,8,10H,6-7H2/t10-/m0/s1. The summed E-state index contributed by atoms with van der Waals surface area (Å²) in [5, 5.41) is 7.83. The minimum absolute atomic E-state index is 0.175. The SMILES string of the molecule is O=C1C[C@H](Cc2ccccc2)C(=O)N1c1nncs1. The second kappa shape index (κ2) is 4.89. The number of benzene rings is 1. The first-order chi connectivity index (χ1) is 9.25. The molecule has 0 aliphatic carbocycles. The molecule has 6 heteroatoms. The van der Waals surface area contributed by atoms with E-state index < -0.39 is 0 Å². The molecule has 1 aliphatic heterocycles. The first-order valence-electron chi connectivity index (χ1n) is 5.92. The van der Waals surface area contributed by atoms with E-state index in [1.165, 1.54) is 16.8 Å². The highest BCUT2D eigenvalue weighted by molar-refractivity contribution is 7.13. The number of aromatic nitrogens is 2. The Kier molecular flexibility index (Phi) is 3.08. The molecule has 96 valence electrons. The molecule has 2 amide bonds. The summed E-state index contributed by atoms with van der Waals surface area (Å²) in [6.45, 7) is 0. The molecule has 1 aromatic carbocycles. The molecule has 0 unspecified atom stereocenters. The van der Waals surface area contributed by atoms with Gasteiger partial charge in [0.25, 0.3) is 0 Å². The van der Waals surface area contributed by atoms with E-state index in [-0.39, 0.29) is 24.2 Å². The van der Waals surface area contributed by atoms with E-state index in [4.69, 9.17) is 0 Å². The second-order valence-electron chi connectivity index (χ2n) is 4.38. The van der Waals surface area contributed by atoms with E-state index in [1.807, 2.05) is 30.3 Å². The number of anilines is 1. The number of hydrogen-bond acceptors (Lipinski definition) is 5. The van der Waals surface area contributed by atoms with Gasteiger partial charge in [0.2, 0.25) is 16.9 Å². The molecular formula is C13H11N3O2S. The largest absolute Gasteiger partial charge is 0.274 e. The number of imide groups is 1. The van der Waals surface area contributed by atoms with Gasteiger partial charge in [-0.05, 0) is 12.0 Å². The van der Waals surface area contributed by atoms with Crippen molar-refractivity contribution in [2.24, 2.45) is 5.92 Å². The number of carbonyl (C=O) groups excluding carboxylic acids is 2. The van der Waals surface area contributed by atoms with Crippen LogP contribution in [0.2, 0.25) is 0 Å². The van der Waals surface area contributed by atoms with E-state index in [1.54, 1.807) is 0 Å². The van der Waals surface area contributed by atoms with Crippen molar-refractivity contribution >= 4 is 28.3 Å². The molecule has 5 nitrogen and oxygen atoms in total. The van der Waals surface area contributed by atoms with E-state index in [0.717, 1.165) is 10.5 Å². The van der Waals surface area contributed by atoms with Gasteiger partial charge in [-0.25, -0.2) is 4.90 Å². The lowest BCUT2D eigenvalue weighted by molar-refractivity contribution is -0.122. The maximum atomic E-state index is 12.3. The zero-order valence-corrected chi connectivity index (χ0v) is 10.8. The Bertz CT molecular complexity index is 598. The molecular weight excluding hydrogens is 262 g/mol. The summed E-state index contributed by atoms with van der Waals surface area (Å²) in [4.78, 5) is 25.3. The molecule has 1 fully saturated rings. The number of hydrogen-bond donors (Lipinski definition) is 0. The van der Waals surface area contributed by atoms with Crippen LogP contribution in [0.15, 0.2) is 35.8 Å². The summed E-state index contributed by atoms with van der Waals surface area (Å²) in [5.41, 5.74) is 2.58. The van der Waals surface area contributed by atoms with Gasteiger partial charge >= 0.3 is 0 Å². The van der Waals surface area contributed by atoms with Gasteiger partial charge in [-0.1, -0.05) is 41.7 Å². The fourth-order valence-corrected chi connectivity index (χ4v) is 2.80. The Balaban J connectivity index is 1.79. The Morgan fingerprint density at radius 2 is 2.05 bits per heavy atom. The average molecular weight is 273 g/mol. The molecule has 0 spiro atoms. The summed E-state index contributed by atoms with van der Waals surface area (Å²) >= 11 is 1.20. The fraction of sp³-hybridized carbons (Fsp3) is 0.231. The van der Waals surface area contributed by atoms with Gasteiger partial charge in [0.1, 0.15) is 5.51 Å². The average Bonchev–Trinajstić information content (AvgIpc) is 3.01. The Morgan fingerprint density at radius 3 is 2.74 bits per heavy atom. The van der Waals surface area contributed by atoms with Crippen molar-refractivity contribution in [3.8, 4) is 0 Å². The van der Waals surface area contributed by atoms with E-state index in [9.17, 15) is 9.59 Å². The molecule has 0 bridgehead atoms. The molecule has 1 saturated heterocycles. The van der Waals surface area contributed by atoms with E-state index in [0.29, 0.717) is 11.6 Å². The van der Waals surface area contributed by atoms with Gasteiger partial charge < -0.3 is 0 Å². The molecule has 0 radical (unpaired) electrons. The van der Waals surface area contributed by atoms with Crippen LogP contribution in [-0.4, -0.2) is 22.0 Å². The summed E-state index contributed by atoms with van der Waals surface area (Å²) < 4.78 is 0. The van der Waals surface area contributed by atoms with Gasteiger partial charge in [0, 0.05) is 6.42 Å². The smallest absolute Gasteiger partial charge is 0.239 e. The lowest BCUT2D eigenvalue weighted by atomic mass is 9.98. The van der Waals surface area contributed by atoms with Crippen molar-refractivity contribution < 1.29 is 9.59 Å². The molecule has 1 atom stereocenters. The normalized spacial score (nSPS) is 19.2. The molecule has 3 rings (SSSR count). The van der Waals surface area contributed by atoms with E-state index in [2.05, 4.69) is 10.2 Å². The number of nitrogens with zero attached hydrogens (tertiary/aromatic N) is 3. The van der Waals surface area contributed by atoms with Crippen LogP contribution in [0.4, 0.5) is 5.13 Å². The van der Waals surface area contributed by atoms with Crippen LogP contribution in [0.5, 0.6) is 0 Å². The van der Waals surface area contributed by atoms with Crippen LogP contribution < -0.4 is 4.90 Å². The van der Waals surface area contributed by atoms with Crippen molar-refractivity contribution in [1.82, 2.24) is 10.2 Å². The van der Waals surface area contributed by atoms with Crippen molar-refractivity contribution in [1.29, 1.82) is 0 Å². The highest BCUT2D eigenvalue weighted by Gasteiger charge is 2.40. The Morgan fingerprint density at radius 1 is 1.26 bits per heavy atom. The van der Waals surface area contributed by atoms with Crippen LogP contribution in [-0.2, 0) is 16.0 Å². The zero-order chi connectivity index (χ0) is 13.2. The number of carbonyl (C=O) groups is 2. The quantitative estimate of drug-likeness (QED) is 0.798. The minimum Gasteiger partial charge on any atom is -0.274 e. The van der Waals surface area contributed by atoms with Crippen molar-refractivity contribution in [2.45, 2.75) is 12.8 Å². The highest BCUT2D eigenvalue weighted by Crippen LogP contribution is 2.29. The van der Waals surface area contributed by atoms with Gasteiger partial charge in [-0.15, -0.1) is 10.2 Å². The van der Waals surface area contributed by atoms with Crippen LogP contribution in [0, 0.1) is 5.92 Å². The van der Waals surface area contributed by atoms with E-state index >= 15 is 0 Å². The summed E-state index contributed by atoms with van der Waals surface area (Å²) in [6.07, 6.45) is 0.827. The van der Waals surface area contributed by atoms with Crippen LogP contribution in [0.25, 0.3) is 0 Å². The third kappa shape index (κ3) is 2.26. The third-order valence-corrected chi connectivity index (χ3v) is 3.78. The zero-order valence-electron chi connectivity index (χ0n) is 10.0. The predicted octanol–water partition coefficient (Wildman–Crippen LogP) is 1.66. The molecule has 19 heavy (non-hydrogen) atoms. The van der Waals surface area contributed by atoms with Crippen molar-refractivity contribution in [3.05, 3.63) is 41.4 Å². The molecule has 2 aromatic rings. The summed E-state index contributed by atoms with van der Waals surface area (Å²) in [7, 11) is 0. The monoisotopic (exact) mass is 273 g/mol. The second-order valence-corrected chi connectivity index (χ2v) is 5.19. The number of rotatable bonds is 3. The fourth-order valence-electron chi connectivity index (χ4n) is 2.22. The first-order valence-corrected chi connectivity index (χ1v) is 6.80. The lowest BCUT2D eigenvalue weighted by Gasteiger charge is -2.10. The van der Waals surface area contributed by atoms with Gasteiger partial charge in [-0.3, -0.25) is 9.59 Å². The molecule has 2 heterocycles. The number of amides is 2. The molecule has 1 aromatic heterocycles. The third-order valence-electron chi connectivity index (χ3n) is 3.10. The minimum atomic E-state index is -0.293. The Hall–Kier alpha value is -2.08. The topological polar surface area (TPSA) is 63.2 Å². The maximum Gasteiger partial charge on any atom is 0.239 e. The van der Waals surface area contributed by atoms with Crippen molar-refractivity contribution in [3.63, 3.8) is 0 Å². The highest BCUT2D eigenvalue weighted by atomic mass is 32.1.